The van der Waals surface area contributed by atoms with Gasteiger partial charge in [-0.15, -0.1) is 5.10 Å². The summed E-state index contributed by atoms with van der Waals surface area (Å²) in [5.41, 5.74) is 2.62. The van der Waals surface area contributed by atoms with Crippen LogP contribution in [-0.4, -0.2) is 34.0 Å². The van der Waals surface area contributed by atoms with Crippen molar-refractivity contribution in [2.45, 2.75) is 12.1 Å². The minimum Gasteiger partial charge on any atom is -0.495 e. The van der Waals surface area contributed by atoms with Crippen LogP contribution in [-0.2, 0) is 4.79 Å². The highest BCUT2D eigenvalue weighted by Gasteiger charge is 2.12. The molecule has 0 radical (unpaired) electrons. The number of hydrogen-bond donors (Lipinski definition) is 2. The van der Waals surface area contributed by atoms with Crippen LogP contribution in [0.15, 0.2) is 47.6 Å². The van der Waals surface area contributed by atoms with Gasteiger partial charge >= 0.3 is 0 Å². The van der Waals surface area contributed by atoms with Gasteiger partial charge in [0.15, 0.2) is 5.82 Å². The van der Waals surface area contributed by atoms with Gasteiger partial charge in [0.25, 0.3) is 0 Å². The number of carbonyl (C=O) groups excluding carboxylic acids is 1. The van der Waals surface area contributed by atoms with Gasteiger partial charge < -0.3 is 10.1 Å². The number of thioether (sulfide) groups is 1. The van der Waals surface area contributed by atoms with Crippen molar-refractivity contribution in [3.05, 3.63) is 53.1 Å². The Balaban J connectivity index is 1.62. The Morgan fingerprint density at radius 2 is 2.12 bits per heavy atom. The van der Waals surface area contributed by atoms with Gasteiger partial charge in [0, 0.05) is 10.6 Å². The summed E-state index contributed by atoms with van der Waals surface area (Å²) in [5, 5.41) is 10.9. The molecule has 0 spiro atoms. The Hall–Kier alpha value is -2.51. The normalized spacial score (nSPS) is 10.6. The number of H-pyrrole nitrogens is 1. The van der Waals surface area contributed by atoms with E-state index in [0.717, 1.165) is 11.1 Å². The second-order valence-corrected chi connectivity index (χ2v) is 6.84. The zero-order valence-electron chi connectivity index (χ0n) is 14.2. The predicted molar refractivity (Wildman–Crippen MR) is 104 cm³/mol. The molecule has 0 saturated carbocycles. The monoisotopic (exact) mass is 388 g/mol. The Labute approximate surface area is 160 Å². The second-order valence-electron chi connectivity index (χ2n) is 5.46. The third-order valence-electron chi connectivity index (χ3n) is 3.63. The first kappa shape index (κ1) is 18.3. The Bertz CT molecular complexity index is 929. The third-order valence-corrected chi connectivity index (χ3v) is 4.72. The van der Waals surface area contributed by atoms with E-state index in [9.17, 15) is 4.79 Å². The number of carbonyl (C=O) groups is 1. The lowest BCUT2D eigenvalue weighted by Crippen LogP contribution is -2.14. The fourth-order valence-corrected chi connectivity index (χ4v) is 3.13. The maximum Gasteiger partial charge on any atom is 0.234 e. The SMILES string of the molecule is COc1ccc(Cl)cc1NC(=O)CSc1n[nH]c(-c2ccccc2C)n1. The van der Waals surface area contributed by atoms with E-state index in [4.69, 9.17) is 16.3 Å². The summed E-state index contributed by atoms with van der Waals surface area (Å²) >= 11 is 7.22. The molecule has 0 fully saturated rings. The number of aryl methyl sites for hydroxylation is 1. The minimum atomic E-state index is -0.196. The summed E-state index contributed by atoms with van der Waals surface area (Å²) in [4.78, 5) is 16.6. The van der Waals surface area contributed by atoms with Crippen LogP contribution in [0.25, 0.3) is 11.4 Å². The van der Waals surface area contributed by atoms with Crippen molar-refractivity contribution in [3.8, 4) is 17.1 Å². The van der Waals surface area contributed by atoms with Gasteiger partial charge in [-0.3, -0.25) is 9.89 Å². The van der Waals surface area contributed by atoms with Crippen LogP contribution in [0.5, 0.6) is 5.75 Å². The first-order valence-corrected chi connectivity index (χ1v) is 9.18. The summed E-state index contributed by atoms with van der Waals surface area (Å²) in [7, 11) is 1.54. The third kappa shape index (κ3) is 4.36. The molecule has 6 nitrogen and oxygen atoms in total. The smallest absolute Gasteiger partial charge is 0.234 e. The molecule has 0 bridgehead atoms. The fourth-order valence-electron chi connectivity index (χ4n) is 2.36. The van der Waals surface area contributed by atoms with Gasteiger partial charge in [-0.2, -0.15) is 0 Å². The molecule has 3 rings (SSSR count). The second kappa shape index (κ2) is 8.25. The van der Waals surface area contributed by atoms with E-state index in [0.29, 0.717) is 27.4 Å². The molecule has 0 saturated heterocycles. The van der Waals surface area contributed by atoms with Crippen LogP contribution < -0.4 is 10.1 Å². The Kier molecular flexibility index (Phi) is 5.80. The summed E-state index contributed by atoms with van der Waals surface area (Å²) in [6.45, 7) is 2.01. The molecule has 0 atom stereocenters. The van der Waals surface area contributed by atoms with Gasteiger partial charge in [-0.05, 0) is 30.7 Å². The number of hydrogen-bond acceptors (Lipinski definition) is 5. The number of aromatic amines is 1. The molecule has 3 aromatic rings. The van der Waals surface area contributed by atoms with Crippen molar-refractivity contribution in [2.75, 3.05) is 18.2 Å². The van der Waals surface area contributed by atoms with Crippen LogP contribution in [0.2, 0.25) is 5.02 Å². The van der Waals surface area contributed by atoms with E-state index in [2.05, 4.69) is 20.5 Å². The van der Waals surface area contributed by atoms with Crippen LogP contribution in [0.4, 0.5) is 5.69 Å². The molecular formula is C18H17ClN4O2S. The van der Waals surface area contributed by atoms with Crippen LogP contribution in [0.3, 0.4) is 0 Å². The van der Waals surface area contributed by atoms with E-state index in [-0.39, 0.29) is 11.7 Å². The average molecular weight is 389 g/mol. The number of nitrogens with zero attached hydrogens (tertiary/aromatic N) is 2. The molecule has 26 heavy (non-hydrogen) atoms. The molecular weight excluding hydrogens is 372 g/mol. The summed E-state index contributed by atoms with van der Waals surface area (Å²) in [6.07, 6.45) is 0. The topological polar surface area (TPSA) is 79.9 Å². The first-order valence-electron chi connectivity index (χ1n) is 7.81. The standard InChI is InChI=1S/C18H17ClN4O2S/c1-11-5-3-4-6-13(11)17-21-18(23-22-17)26-10-16(24)20-14-9-12(19)7-8-15(14)25-2/h3-9H,10H2,1-2H3,(H,20,24)(H,21,22,23). The van der Waals surface area contributed by atoms with E-state index in [1.54, 1.807) is 18.2 Å². The zero-order valence-corrected chi connectivity index (χ0v) is 15.8. The van der Waals surface area contributed by atoms with Crippen LogP contribution >= 0.6 is 23.4 Å². The van der Waals surface area contributed by atoms with Gasteiger partial charge in [-0.1, -0.05) is 47.6 Å². The quantitative estimate of drug-likeness (QED) is 0.619. The number of ether oxygens (including phenoxy) is 1. The van der Waals surface area contributed by atoms with Gasteiger partial charge in [0.05, 0.1) is 18.6 Å². The predicted octanol–water partition coefficient (Wildman–Crippen LogP) is 4.17. The maximum atomic E-state index is 12.2. The average Bonchev–Trinajstić information content (AvgIpc) is 3.09. The van der Waals surface area contributed by atoms with Crippen molar-refractivity contribution in [1.82, 2.24) is 15.2 Å². The minimum absolute atomic E-state index is 0.167. The van der Waals surface area contributed by atoms with Crippen LogP contribution in [0, 0.1) is 6.92 Å². The molecule has 0 aliphatic rings. The summed E-state index contributed by atoms with van der Waals surface area (Å²) < 4.78 is 5.22. The fraction of sp³-hybridized carbons (Fsp3) is 0.167. The van der Waals surface area contributed by atoms with Gasteiger partial charge in [0.2, 0.25) is 11.1 Å². The molecule has 1 amide bonds. The Morgan fingerprint density at radius 3 is 2.88 bits per heavy atom. The highest BCUT2D eigenvalue weighted by molar-refractivity contribution is 7.99. The number of benzene rings is 2. The molecule has 2 aromatic carbocycles. The number of methoxy groups -OCH3 is 1. The van der Waals surface area contributed by atoms with E-state index < -0.39 is 0 Å². The molecule has 0 aliphatic carbocycles. The van der Waals surface area contributed by atoms with E-state index in [1.807, 2.05) is 31.2 Å². The number of nitrogens with one attached hydrogen (secondary N) is 2. The molecule has 2 N–H and O–H groups in total. The molecule has 0 unspecified atom stereocenters. The molecule has 8 heteroatoms. The summed E-state index contributed by atoms with van der Waals surface area (Å²) in [6, 6.07) is 13.0. The van der Waals surface area contributed by atoms with E-state index >= 15 is 0 Å². The largest absolute Gasteiger partial charge is 0.495 e. The lowest BCUT2D eigenvalue weighted by Gasteiger charge is -2.09. The maximum absolute atomic E-state index is 12.2. The van der Waals surface area contributed by atoms with Crippen molar-refractivity contribution < 1.29 is 9.53 Å². The Morgan fingerprint density at radius 1 is 1.31 bits per heavy atom. The van der Waals surface area contributed by atoms with Gasteiger partial charge in [0.1, 0.15) is 5.75 Å². The number of anilines is 1. The highest BCUT2D eigenvalue weighted by atomic mass is 35.5. The molecule has 134 valence electrons. The molecule has 1 heterocycles. The van der Waals surface area contributed by atoms with Crippen LogP contribution in [0.1, 0.15) is 5.56 Å². The van der Waals surface area contributed by atoms with Crippen molar-refractivity contribution in [2.24, 2.45) is 0 Å². The first-order chi connectivity index (χ1) is 12.6. The lowest BCUT2D eigenvalue weighted by molar-refractivity contribution is -0.113. The number of aromatic nitrogens is 3. The lowest BCUT2D eigenvalue weighted by atomic mass is 10.1. The van der Waals surface area contributed by atoms with Gasteiger partial charge in [-0.25, -0.2) is 4.98 Å². The van der Waals surface area contributed by atoms with Crippen molar-refractivity contribution in [1.29, 1.82) is 0 Å². The van der Waals surface area contributed by atoms with Crippen molar-refractivity contribution >= 4 is 35.0 Å². The zero-order chi connectivity index (χ0) is 18.5. The molecule has 1 aromatic heterocycles. The number of halogens is 1. The number of amides is 1. The number of rotatable bonds is 6. The highest BCUT2D eigenvalue weighted by Crippen LogP contribution is 2.28. The summed E-state index contributed by atoms with van der Waals surface area (Å²) in [5.74, 6) is 1.20. The van der Waals surface area contributed by atoms with Crippen molar-refractivity contribution in [3.63, 3.8) is 0 Å². The van der Waals surface area contributed by atoms with E-state index in [1.165, 1.54) is 18.9 Å². The molecule has 0 aliphatic heterocycles.